The Hall–Kier alpha value is -1.58. The maximum absolute atomic E-state index is 12.6. The average Bonchev–Trinajstić information content (AvgIpc) is 2.74. The molecule has 1 fully saturated rings. The van der Waals surface area contributed by atoms with Crippen molar-refractivity contribution < 1.29 is 4.79 Å². The first-order valence-corrected chi connectivity index (χ1v) is 7.55. The molecular weight excluding hydrogens is 250 g/mol. The van der Waals surface area contributed by atoms with Crippen LogP contribution in [-0.2, 0) is 0 Å². The second-order valence-electron chi connectivity index (χ2n) is 5.69. The lowest BCUT2D eigenvalue weighted by atomic mass is 10.1. The largest absolute Gasteiger partial charge is 0.373 e. The van der Waals surface area contributed by atoms with E-state index in [0.29, 0.717) is 6.04 Å². The third-order valence-corrected chi connectivity index (χ3v) is 4.15. The van der Waals surface area contributed by atoms with E-state index in [9.17, 15) is 4.79 Å². The minimum Gasteiger partial charge on any atom is -0.373 e. The van der Waals surface area contributed by atoms with Crippen molar-refractivity contribution in [2.24, 2.45) is 0 Å². The van der Waals surface area contributed by atoms with Gasteiger partial charge in [0.1, 0.15) is 5.82 Å². The Morgan fingerprint density at radius 1 is 1.25 bits per heavy atom. The lowest BCUT2D eigenvalue weighted by Gasteiger charge is -2.27. The summed E-state index contributed by atoms with van der Waals surface area (Å²) in [5.41, 5.74) is 1.60. The number of aromatic nitrogens is 1. The molecule has 0 unspecified atom stereocenters. The van der Waals surface area contributed by atoms with E-state index >= 15 is 0 Å². The Kier molecular flexibility index (Phi) is 4.99. The fourth-order valence-electron chi connectivity index (χ4n) is 2.93. The minimum absolute atomic E-state index is 0.110. The van der Waals surface area contributed by atoms with Gasteiger partial charge in [-0.1, -0.05) is 25.7 Å². The molecule has 1 saturated carbocycles. The van der Waals surface area contributed by atoms with Crippen molar-refractivity contribution in [3.05, 3.63) is 23.4 Å². The molecule has 110 valence electrons. The van der Waals surface area contributed by atoms with Crippen LogP contribution in [0, 0.1) is 6.92 Å². The predicted octanol–water partition coefficient (Wildman–Crippen LogP) is 3.23. The predicted molar refractivity (Wildman–Crippen MR) is 82.1 cm³/mol. The van der Waals surface area contributed by atoms with Crippen molar-refractivity contribution in [1.82, 2.24) is 9.88 Å². The molecule has 4 heteroatoms. The van der Waals surface area contributed by atoms with Crippen molar-refractivity contribution in [2.75, 3.05) is 19.4 Å². The monoisotopic (exact) mass is 275 g/mol. The quantitative estimate of drug-likeness (QED) is 0.861. The van der Waals surface area contributed by atoms with Crippen LogP contribution in [0.25, 0.3) is 0 Å². The smallest absolute Gasteiger partial charge is 0.254 e. The number of amides is 1. The zero-order chi connectivity index (χ0) is 14.5. The Labute approximate surface area is 121 Å². The van der Waals surface area contributed by atoms with Crippen LogP contribution < -0.4 is 5.32 Å². The first-order chi connectivity index (χ1) is 9.61. The minimum atomic E-state index is 0.110. The van der Waals surface area contributed by atoms with Crippen LogP contribution in [0.15, 0.2) is 12.1 Å². The Bertz CT molecular complexity index is 465. The summed E-state index contributed by atoms with van der Waals surface area (Å²) in [4.78, 5) is 18.9. The first kappa shape index (κ1) is 14.8. The van der Waals surface area contributed by atoms with Gasteiger partial charge in [0.15, 0.2) is 0 Å². The number of anilines is 1. The van der Waals surface area contributed by atoms with Crippen LogP contribution in [0.3, 0.4) is 0 Å². The zero-order valence-electron chi connectivity index (χ0n) is 12.8. The van der Waals surface area contributed by atoms with Crippen molar-refractivity contribution in [3.8, 4) is 0 Å². The van der Waals surface area contributed by atoms with Crippen molar-refractivity contribution in [1.29, 1.82) is 0 Å². The molecule has 0 atom stereocenters. The van der Waals surface area contributed by atoms with Gasteiger partial charge in [-0.2, -0.15) is 0 Å². The maximum atomic E-state index is 12.6. The van der Waals surface area contributed by atoms with Crippen molar-refractivity contribution in [2.45, 2.75) is 51.5 Å². The first-order valence-electron chi connectivity index (χ1n) is 7.55. The SMILES string of the molecule is CNc1cc(C(=O)N(C)C2CCCCCC2)cc(C)n1. The number of nitrogens with zero attached hydrogens (tertiary/aromatic N) is 2. The molecule has 0 bridgehead atoms. The van der Waals surface area contributed by atoms with E-state index in [-0.39, 0.29) is 5.91 Å². The molecule has 2 rings (SSSR count). The molecule has 0 radical (unpaired) electrons. The number of hydrogen-bond donors (Lipinski definition) is 1. The normalized spacial score (nSPS) is 16.6. The van der Waals surface area contributed by atoms with E-state index in [1.807, 2.05) is 38.1 Å². The fourth-order valence-corrected chi connectivity index (χ4v) is 2.93. The summed E-state index contributed by atoms with van der Waals surface area (Å²) in [5.74, 6) is 0.863. The van der Waals surface area contributed by atoms with Gasteiger partial charge in [0.25, 0.3) is 5.91 Å². The fraction of sp³-hybridized carbons (Fsp3) is 0.625. The highest BCUT2D eigenvalue weighted by Gasteiger charge is 2.22. The van der Waals surface area contributed by atoms with Crippen LogP contribution in [0.2, 0.25) is 0 Å². The molecule has 4 nitrogen and oxygen atoms in total. The highest BCUT2D eigenvalue weighted by atomic mass is 16.2. The summed E-state index contributed by atoms with van der Waals surface area (Å²) in [6.45, 7) is 1.92. The Balaban J connectivity index is 2.14. The van der Waals surface area contributed by atoms with Gasteiger partial charge in [-0.3, -0.25) is 4.79 Å². The molecule has 1 aromatic heterocycles. The summed E-state index contributed by atoms with van der Waals surface area (Å²) in [6, 6.07) is 4.09. The third kappa shape index (κ3) is 3.50. The number of carbonyl (C=O) groups excluding carboxylic acids is 1. The number of hydrogen-bond acceptors (Lipinski definition) is 3. The van der Waals surface area contributed by atoms with E-state index in [1.54, 1.807) is 0 Å². The Morgan fingerprint density at radius 3 is 2.50 bits per heavy atom. The standard InChI is InChI=1S/C16H25N3O/c1-12-10-13(11-15(17-2)18-12)16(20)19(3)14-8-6-4-5-7-9-14/h10-11,14H,4-9H2,1-3H3,(H,17,18). The molecule has 0 saturated heterocycles. The number of nitrogens with one attached hydrogen (secondary N) is 1. The molecule has 0 aromatic carbocycles. The lowest BCUT2D eigenvalue weighted by molar-refractivity contribution is 0.0717. The van der Waals surface area contributed by atoms with Crippen LogP contribution >= 0.6 is 0 Å². The maximum Gasteiger partial charge on any atom is 0.254 e. The molecule has 20 heavy (non-hydrogen) atoms. The summed E-state index contributed by atoms with van der Waals surface area (Å²) < 4.78 is 0. The van der Waals surface area contributed by atoms with Crippen LogP contribution in [-0.4, -0.2) is 35.9 Å². The number of aryl methyl sites for hydroxylation is 1. The molecule has 1 amide bonds. The van der Waals surface area contributed by atoms with Gasteiger partial charge in [0.05, 0.1) is 0 Å². The van der Waals surface area contributed by atoms with E-state index in [4.69, 9.17) is 0 Å². The number of rotatable bonds is 3. The van der Waals surface area contributed by atoms with Gasteiger partial charge in [-0.25, -0.2) is 4.98 Å². The number of carbonyl (C=O) groups is 1. The summed E-state index contributed by atoms with van der Waals surface area (Å²) in [6.07, 6.45) is 7.34. The van der Waals surface area contributed by atoms with Crippen LogP contribution in [0.1, 0.15) is 54.6 Å². The van der Waals surface area contributed by atoms with Crippen LogP contribution in [0.4, 0.5) is 5.82 Å². The van der Waals surface area contributed by atoms with Gasteiger partial charge in [0, 0.05) is 31.4 Å². The number of pyridine rings is 1. The second-order valence-corrected chi connectivity index (χ2v) is 5.69. The highest BCUT2D eigenvalue weighted by molar-refractivity contribution is 5.95. The summed E-state index contributed by atoms with van der Waals surface area (Å²) in [5, 5.41) is 3.01. The van der Waals surface area contributed by atoms with Crippen LogP contribution in [0.5, 0.6) is 0 Å². The highest BCUT2D eigenvalue weighted by Crippen LogP contribution is 2.23. The van der Waals surface area contributed by atoms with E-state index < -0.39 is 0 Å². The molecular formula is C16H25N3O. The topological polar surface area (TPSA) is 45.2 Å². The van der Waals surface area contributed by atoms with Crippen molar-refractivity contribution in [3.63, 3.8) is 0 Å². The third-order valence-electron chi connectivity index (χ3n) is 4.15. The zero-order valence-corrected chi connectivity index (χ0v) is 12.8. The molecule has 0 spiro atoms. The molecule has 1 aromatic rings. The average molecular weight is 275 g/mol. The van der Waals surface area contributed by atoms with Gasteiger partial charge in [-0.05, 0) is 31.9 Å². The molecule has 0 aliphatic heterocycles. The summed E-state index contributed by atoms with van der Waals surface area (Å²) >= 11 is 0. The van der Waals surface area contributed by atoms with E-state index in [2.05, 4.69) is 10.3 Å². The van der Waals surface area contributed by atoms with E-state index in [1.165, 1.54) is 25.7 Å². The van der Waals surface area contributed by atoms with Gasteiger partial charge in [0.2, 0.25) is 0 Å². The van der Waals surface area contributed by atoms with Gasteiger partial charge < -0.3 is 10.2 Å². The molecule has 1 aliphatic rings. The second kappa shape index (κ2) is 6.73. The Morgan fingerprint density at radius 2 is 1.90 bits per heavy atom. The molecule has 1 heterocycles. The van der Waals surface area contributed by atoms with Gasteiger partial charge >= 0.3 is 0 Å². The lowest BCUT2D eigenvalue weighted by Crippen LogP contribution is -2.36. The molecule has 1 aliphatic carbocycles. The van der Waals surface area contributed by atoms with Gasteiger partial charge in [-0.15, -0.1) is 0 Å². The summed E-state index contributed by atoms with van der Waals surface area (Å²) in [7, 11) is 3.76. The van der Waals surface area contributed by atoms with E-state index in [0.717, 1.165) is 29.9 Å². The van der Waals surface area contributed by atoms with Crippen molar-refractivity contribution >= 4 is 11.7 Å². The molecule has 1 N–H and O–H groups in total.